The van der Waals surface area contributed by atoms with E-state index in [0.717, 1.165) is 18.9 Å². The molecular formula is C12H13FO4. The van der Waals surface area contributed by atoms with Gasteiger partial charge in [-0.25, -0.2) is 4.39 Å². The van der Waals surface area contributed by atoms with Crippen molar-refractivity contribution in [3.8, 4) is 11.5 Å². The van der Waals surface area contributed by atoms with Gasteiger partial charge in [-0.05, 0) is 24.8 Å². The number of benzene rings is 1. The van der Waals surface area contributed by atoms with Crippen LogP contribution in [0.25, 0.3) is 0 Å². The summed E-state index contributed by atoms with van der Waals surface area (Å²) in [5, 5.41) is 27.8. The molecule has 1 aromatic carbocycles. The summed E-state index contributed by atoms with van der Waals surface area (Å²) < 4.78 is 13.0. The molecule has 1 aromatic rings. The Morgan fingerprint density at radius 2 is 2.00 bits per heavy atom. The summed E-state index contributed by atoms with van der Waals surface area (Å²) in [6.07, 6.45) is 1.67. The van der Waals surface area contributed by atoms with E-state index in [4.69, 9.17) is 5.11 Å². The van der Waals surface area contributed by atoms with E-state index in [2.05, 4.69) is 0 Å². The second-order valence-corrected chi connectivity index (χ2v) is 4.38. The van der Waals surface area contributed by atoms with Crippen LogP contribution in [0.5, 0.6) is 11.5 Å². The third-order valence-electron chi connectivity index (χ3n) is 3.12. The molecular weight excluding hydrogens is 227 g/mol. The minimum atomic E-state index is -0.967. The summed E-state index contributed by atoms with van der Waals surface area (Å²) in [5.74, 6) is -3.39. The van der Waals surface area contributed by atoms with Gasteiger partial charge in [-0.15, -0.1) is 0 Å². The summed E-state index contributed by atoms with van der Waals surface area (Å²) in [6, 6.07) is 2.39. The number of carboxylic acid groups (broad SMARTS) is 1. The molecule has 0 heterocycles. The van der Waals surface area contributed by atoms with Crippen molar-refractivity contribution in [1.29, 1.82) is 0 Å². The van der Waals surface area contributed by atoms with Gasteiger partial charge >= 0.3 is 5.97 Å². The van der Waals surface area contributed by atoms with Gasteiger partial charge in [-0.3, -0.25) is 4.79 Å². The Bertz CT molecular complexity index is 454. The van der Waals surface area contributed by atoms with E-state index in [1.54, 1.807) is 0 Å². The first kappa shape index (κ1) is 11.7. The Morgan fingerprint density at radius 1 is 1.35 bits per heavy atom. The molecule has 1 saturated carbocycles. The standard InChI is InChI=1S/C12H13FO4/c13-9-4-3-7(11(16)12(9)17)8(5-10(14)15)6-1-2-6/h3-4,6,8,16-17H,1-2,5H2,(H,14,15). The number of rotatable bonds is 4. The first-order valence-corrected chi connectivity index (χ1v) is 5.42. The number of aliphatic carboxylic acids is 1. The van der Waals surface area contributed by atoms with Crippen molar-refractivity contribution < 1.29 is 24.5 Å². The van der Waals surface area contributed by atoms with E-state index in [-0.39, 0.29) is 18.3 Å². The molecule has 1 atom stereocenters. The van der Waals surface area contributed by atoms with Crippen LogP contribution in [0.15, 0.2) is 12.1 Å². The third-order valence-corrected chi connectivity index (χ3v) is 3.12. The fourth-order valence-corrected chi connectivity index (χ4v) is 2.09. The highest BCUT2D eigenvalue weighted by Crippen LogP contribution is 2.48. The number of halogens is 1. The molecule has 1 unspecified atom stereocenters. The molecule has 0 aliphatic heterocycles. The monoisotopic (exact) mass is 240 g/mol. The van der Waals surface area contributed by atoms with Crippen LogP contribution in [0.3, 0.4) is 0 Å². The van der Waals surface area contributed by atoms with E-state index in [1.807, 2.05) is 0 Å². The molecule has 0 saturated heterocycles. The fraction of sp³-hybridized carbons (Fsp3) is 0.417. The van der Waals surface area contributed by atoms with E-state index in [1.165, 1.54) is 6.07 Å². The van der Waals surface area contributed by atoms with Gasteiger partial charge in [0.15, 0.2) is 17.3 Å². The molecule has 0 spiro atoms. The lowest BCUT2D eigenvalue weighted by Gasteiger charge is -2.16. The highest BCUT2D eigenvalue weighted by atomic mass is 19.1. The zero-order chi connectivity index (χ0) is 12.6. The van der Waals surface area contributed by atoms with Crippen LogP contribution in [0.4, 0.5) is 4.39 Å². The Morgan fingerprint density at radius 3 is 2.53 bits per heavy atom. The van der Waals surface area contributed by atoms with Gasteiger partial charge in [-0.2, -0.15) is 0 Å². The Hall–Kier alpha value is -1.78. The summed E-state index contributed by atoms with van der Waals surface area (Å²) in [4.78, 5) is 10.8. The van der Waals surface area contributed by atoms with Gasteiger partial charge in [0.1, 0.15) is 0 Å². The molecule has 1 aliphatic rings. The lowest BCUT2D eigenvalue weighted by molar-refractivity contribution is -0.137. The second-order valence-electron chi connectivity index (χ2n) is 4.38. The van der Waals surface area contributed by atoms with Gasteiger partial charge < -0.3 is 15.3 Å². The minimum absolute atomic E-state index is 0.122. The first-order chi connectivity index (χ1) is 8.00. The van der Waals surface area contributed by atoms with Crippen LogP contribution in [0.1, 0.15) is 30.7 Å². The molecule has 17 heavy (non-hydrogen) atoms. The topological polar surface area (TPSA) is 77.8 Å². The number of carbonyl (C=O) groups is 1. The summed E-state index contributed by atoms with van der Waals surface area (Å²) >= 11 is 0. The molecule has 4 nitrogen and oxygen atoms in total. The van der Waals surface area contributed by atoms with Crippen LogP contribution in [-0.4, -0.2) is 21.3 Å². The number of phenolic OH excluding ortho intramolecular Hbond substituents is 2. The Balaban J connectivity index is 2.35. The smallest absolute Gasteiger partial charge is 0.303 e. The Labute approximate surface area is 97.3 Å². The quantitative estimate of drug-likeness (QED) is 0.705. The average molecular weight is 240 g/mol. The fourth-order valence-electron chi connectivity index (χ4n) is 2.09. The highest BCUT2D eigenvalue weighted by molar-refractivity contribution is 5.68. The van der Waals surface area contributed by atoms with Crippen LogP contribution in [-0.2, 0) is 4.79 Å². The number of phenols is 2. The van der Waals surface area contributed by atoms with E-state index >= 15 is 0 Å². The van der Waals surface area contributed by atoms with Crippen LogP contribution in [0.2, 0.25) is 0 Å². The van der Waals surface area contributed by atoms with Crippen molar-refractivity contribution in [2.24, 2.45) is 5.92 Å². The Kier molecular flexibility index (Phi) is 2.92. The maximum absolute atomic E-state index is 13.0. The molecule has 1 aliphatic carbocycles. The lowest BCUT2D eigenvalue weighted by atomic mass is 9.90. The predicted octanol–water partition coefficient (Wildman–Crippen LogP) is 2.21. The molecule has 92 valence electrons. The van der Waals surface area contributed by atoms with Crippen LogP contribution in [0, 0.1) is 11.7 Å². The van der Waals surface area contributed by atoms with Gasteiger partial charge in [0.25, 0.3) is 0 Å². The normalized spacial score (nSPS) is 16.8. The SMILES string of the molecule is O=C(O)CC(c1ccc(F)c(O)c1O)C1CC1. The summed E-state index contributed by atoms with van der Waals surface area (Å²) in [6.45, 7) is 0. The molecule has 0 amide bonds. The summed E-state index contributed by atoms with van der Waals surface area (Å²) in [7, 11) is 0. The van der Waals surface area contributed by atoms with Gasteiger partial charge in [0.2, 0.25) is 0 Å². The summed E-state index contributed by atoms with van der Waals surface area (Å²) in [5.41, 5.74) is 0.314. The number of hydrogen-bond acceptors (Lipinski definition) is 3. The molecule has 5 heteroatoms. The molecule has 3 N–H and O–H groups in total. The number of hydrogen-bond donors (Lipinski definition) is 3. The molecule has 0 bridgehead atoms. The lowest BCUT2D eigenvalue weighted by Crippen LogP contribution is -2.08. The maximum Gasteiger partial charge on any atom is 0.303 e. The largest absolute Gasteiger partial charge is 0.504 e. The maximum atomic E-state index is 13.0. The molecule has 0 radical (unpaired) electrons. The zero-order valence-corrected chi connectivity index (χ0v) is 9.06. The predicted molar refractivity (Wildman–Crippen MR) is 57.4 cm³/mol. The second kappa shape index (κ2) is 4.24. The minimum Gasteiger partial charge on any atom is -0.504 e. The van der Waals surface area contributed by atoms with Crippen LogP contribution < -0.4 is 0 Å². The van der Waals surface area contributed by atoms with Crippen molar-refractivity contribution in [1.82, 2.24) is 0 Å². The van der Waals surface area contributed by atoms with Gasteiger partial charge in [0.05, 0.1) is 6.42 Å². The first-order valence-electron chi connectivity index (χ1n) is 5.42. The highest BCUT2D eigenvalue weighted by Gasteiger charge is 2.35. The van der Waals surface area contributed by atoms with Crippen molar-refractivity contribution in [2.75, 3.05) is 0 Å². The van der Waals surface area contributed by atoms with Gasteiger partial charge in [0, 0.05) is 11.5 Å². The van der Waals surface area contributed by atoms with Crippen LogP contribution >= 0.6 is 0 Å². The van der Waals surface area contributed by atoms with E-state index < -0.39 is 23.3 Å². The van der Waals surface area contributed by atoms with E-state index in [0.29, 0.717) is 5.56 Å². The van der Waals surface area contributed by atoms with Crippen molar-refractivity contribution >= 4 is 5.97 Å². The van der Waals surface area contributed by atoms with Crippen molar-refractivity contribution in [3.63, 3.8) is 0 Å². The average Bonchev–Trinajstić information content (AvgIpc) is 3.07. The molecule has 0 aromatic heterocycles. The zero-order valence-electron chi connectivity index (χ0n) is 9.06. The molecule has 2 rings (SSSR count). The van der Waals surface area contributed by atoms with Gasteiger partial charge in [-0.1, -0.05) is 6.07 Å². The number of aromatic hydroxyl groups is 2. The van der Waals surface area contributed by atoms with E-state index in [9.17, 15) is 19.4 Å². The van der Waals surface area contributed by atoms with Crippen molar-refractivity contribution in [3.05, 3.63) is 23.5 Å². The van der Waals surface area contributed by atoms with Crippen molar-refractivity contribution in [2.45, 2.75) is 25.2 Å². The number of carboxylic acids is 1. The molecule has 1 fully saturated rings. The third kappa shape index (κ3) is 2.33.